The Morgan fingerprint density at radius 1 is 1.00 bits per heavy atom. The normalized spacial score (nSPS) is 17.5. The number of rotatable bonds is 4. The lowest BCUT2D eigenvalue weighted by atomic mass is 9.84. The molecule has 9 heteroatoms. The molecule has 31 heavy (non-hydrogen) atoms. The number of nitrogens with zero attached hydrogens (tertiary/aromatic N) is 3. The summed E-state index contributed by atoms with van der Waals surface area (Å²) in [4.78, 5) is 36.1. The fourth-order valence-corrected chi connectivity index (χ4v) is 3.96. The van der Waals surface area contributed by atoms with Crippen LogP contribution in [0.2, 0.25) is 0 Å². The van der Waals surface area contributed by atoms with Crippen molar-refractivity contribution in [3.8, 4) is 11.6 Å². The molecule has 0 radical (unpaired) electrons. The van der Waals surface area contributed by atoms with Crippen molar-refractivity contribution in [3.05, 3.63) is 96.2 Å². The third-order valence-electron chi connectivity index (χ3n) is 5.69. The molecule has 9 nitrogen and oxygen atoms in total. The van der Waals surface area contributed by atoms with Crippen LogP contribution in [0.4, 0.5) is 5.69 Å². The second-order valence-corrected chi connectivity index (χ2v) is 7.44. The van der Waals surface area contributed by atoms with Crippen molar-refractivity contribution in [2.45, 2.75) is 18.4 Å². The molecule has 3 aromatic rings. The molecule has 0 fully saturated rings. The summed E-state index contributed by atoms with van der Waals surface area (Å²) in [5.74, 6) is 0.513. The standard InChI is InChI=1S/C22H21N3O6/c1-23-20(26)19-17(13-4-8-15(9-5-13)25(28)29)12-18(31-21(19)24(2)22(23)27)14-6-10-16(30-3)11-7-14/h4-11,17-18H,12H2,1-3H3/t17-,18-/m1/s1. The number of hydrogen-bond acceptors (Lipinski definition) is 6. The summed E-state index contributed by atoms with van der Waals surface area (Å²) in [5, 5.41) is 11.0. The van der Waals surface area contributed by atoms with Gasteiger partial charge in [0.05, 0.1) is 17.6 Å². The molecule has 2 aromatic carbocycles. The Labute approximate surface area is 177 Å². The molecule has 2 atom stereocenters. The predicted octanol–water partition coefficient (Wildman–Crippen LogP) is 2.66. The lowest BCUT2D eigenvalue weighted by Gasteiger charge is -2.33. The highest BCUT2D eigenvalue weighted by Gasteiger charge is 2.35. The maximum absolute atomic E-state index is 13.0. The van der Waals surface area contributed by atoms with Crippen LogP contribution >= 0.6 is 0 Å². The number of non-ortho nitro benzene ring substituents is 1. The molecular formula is C22H21N3O6. The molecule has 160 valence electrons. The minimum atomic E-state index is -0.485. The molecule has 1 aromatic heterocycles. The molecule has 1 aliphatic rings. The van der Waals surface area contributed by atoms with Gasteiger partial charge in [0, 0.05) is 32.1 Å². The van der Waals surface area contributed by atoms with Crippen molar-refractivity contribution in [1.82, 2.24) is 9.13 Å². The van der Waals surface area contributed by atoms with E-state index in [0.717, 1.165) is 15.7 Å². The van der Waals surface area contributed by atoms with Gasteiger partial charge < -0.3 is 9.47 Å². The van der Waals surface area contributed by atoms with Gasteiger partial charge in [0.2, 0.25) is 5.88 Å². The third-order valence-corrected chi connectivity index (χ3v) is 5.69. The Morgan fingerprint density at radius 2 is 1.61 bits per heavy atom. The number of ether oxygens (including phenoxy) is 2. The third kappa shape index (κ3) is 3.48. The fraction of sp³-hybridized carbons (Fsp3) is 0.273. The smallest absolute Gasteiger partial charge is 0.333 e. The number of nitro benzene ring substituents is 1. The quantitative estimate of drug-likeness (QED) is 0.472. The molecule has 2 heterocycles. The van der Waals surface area contributed by atoms with Gasteiger partial charge in [-0.1, -0.05) is 24.3 Å². The number of fused-ring (bicyclic) bond motifs is 1. The molecule has 0 amide bonds. The van der Waals surface area contributed by atoms with Gasteiger partial charge in [-0.05, 0) is 29.7 Å². The van der Waals surface area contributed by atoms with Crippen LogP contribution in [0.1, 0.15) is 35.1 Å². The number of nitro groups is 1. The second-order valence-electron chi connectivity index (χ2n) is 7.44. The molecular weight excluding hydrogens is 402 g/mol. The van der Waals surface area contributed by atoms with Gasteiger partial charge >= 0.3 is 5.69 Å². The van der Waals surface area contributed by atoms with Crippen molar-refractivity contribution in [3.63, 3.8) is 0 Å². The Kier molecular flexibility index (Phi) is 5.10. The highest BCUT2D eigenvalue weighted by atomic mass is 16.6. The zero-order valence-corrected chi connectivity index (χ0v) is 17.3. The summed E-state index contributed by atoms with van der Waals surface area (Å²) in [7, 11) is 4.57. The van der Waals surface area contributed by atoms with Crippen LogP contribution in [-0.2, 0) is 14.1 Å². The highest BCUT2D eigenvalue weighted by Crippen LogP contribution is 2.43. The van der Waals surface area contributed by atoms with E-state index in [2.05, 4.69) is 0 Å². The molecule has 4 rings (SSSR count). The van der Waals surface area contributed by atoms with E-state index in [1.807, 2.05) is 24.3 Å². The van der Waals surface area contributed by atoms with Crippen LogP contribution in [0.15, 0.2) is 58.1 Å². The summed E-state index contributed by atoms with van der Waals surface area (Å²) < 4.78 is 13.7. The summed E-state index contributed by atoms with van der Waals surface area (Å²) in [6.07, 6.45) is 0.0150. The average Bonchev–Trinajstić information content (AvgIpc) is 2.80. The molecule has 0 bridgehead atoms. The molecule has 0 N–H and O–H groups in total. The summed E-state index contributed by atoms with van der Waals surface area (Å²) >= 11 is 0. The van der Waals surface area contributed by atoms with Crippen molar-refractivity contribution in [1.29, 1.82) is 0 Å². The van der Waals surface area contributed by atoms with Gasteiger partial charge in [-0.2, -0.15) is 0 Å². The van der Waals surface area contributed by atoms with Crippen molar-refractivity contribution < 1.29 is 14.4 Å². The Morgan fingerprint density at radius 3 is 2.19 bits per heavy atom. The van der Waals surface area contributed by atoms with E-state index in [9.17, 15) is 19.7 Å². The van der Waals surface area contributed by atoms with Gasteiger partial charge in [-0.3, -0.25) is 24.0 Å². The van der Waals surface area contributed by atoms with E-state index in [1.165, 1.54) is 23.7 Å². The van der Waals surface area contributed by atoms with E-state index in [1.54, 1.807) is 26.3 Å². The van der Waals surface area contributed by atoms with E-state index < -0.39 is 28.2 Å². The zero-order valence-electron chi connectivity index (χ0n) is 17.3. The van der Waals surface area contributed by atoms with Gasteiger partial charge in [0.1, 0.15) is 11.9 Å². The first-order valence-corrected chi connectivity index (χ1v) is 9.66. The highest BCUT2D eigenvalue weighted by molar-refractivity contribution is 5.44. The Hall–Kier alpha value is -3.88. The Balaban J connectivity index is 1.87. The van der Waals surface area contributed by atoms with Gasteiger partial charge in [0.25, 0.3) is 11.2 Å². The monoisotopic (exact) mass is 423 g/mol. The number of benzene rings is 2. The van der Waals surface area contributed by atoms with Gasteiger partial charge in [-0.25, -0.2) is 4.79 Å². The van der Waals surface area contributed by atoms with Crippen molar-refractivity contribution >= 4 is 5.69 Å². The molecule has 1 aliphatic heterocycles. The largest absolute Gasteiger partial charge is 0.497 e. The van der Waals surface area contributed by atoms with Gasteiger partial charge in [0.15, 0.2) is 0 Å². The van der Waals surface area contributed by atoms with Crippen LogP contribution in [0.5, 0.6) is 11.6 Å². The zero-order chi connectivity index (χ0) is 22.3. The lowest BCUT2D eigenvalue weighted by Crippen LogP contribution is -2.42. The van der Waals surface area contributed by atoms with Gasteiger partial charge in [-0.15, -0.1) is 0 Å². The van der Waals surface area contributed by atoms with E-state index in [4.69, 9.17) is 9.47 Å². The number of methoxy groups -OCH3 is 1. The van der Waals surface area contributed by atoms with Crippen molar-refractivity contribution in [2.75, 3.05) is 7.11 Å². The first-order valence-electron chi connectivity index (χ1n) is 9.66. The Bertz CT molecular complexity index is 1260. The second kappa shape index (κ2) is 7.75. The van der Waals surface area contributed by atoms with Crippen LogP contribution in [0.3, 0.4) is 0 Å². The molecule has 0 saturated heterocycles. The number of hydrogen-bond donors (Lipinski definition) is 0. The van der Waals surface area contributed by atoms with E-state index in [0.29, 0.717) is 17.7 Å². The summed E-state index contributed by atoms with van der Waals surface area (Å²) in [5.41, 5.74) is 1.02. The topological polar surface area (TPSA) is 106 Å². The lowest BCUT2D eigenvalue weighted by molar-refractivity contribution is -0.384. The van der Waals surface area contributed by atoms with E-state index in [-0.39, 0.29) is 11.6 Å². The van der Waals surface area contributed by atoms with Crippen LogP contribution in [0.25, 0.3) is 0 Å². The SMILES string of the molecule is COc1ccc([C@H]2C[C@H](c3ccc([N+](=O)[O-])cc3)c3c(n(C)c(=O)n(C)c3=O)O2)cc1. The van der Waals surface area contributed by atoms with E-state index >= 15 is 0 Å². The number of aromatic nitrogens is 2. The van der Waals surface area contributed by atoms with Crippen LogP contribution < -0.4 is 20.7 Å². The summed E-state index contributed by atoms with van der Waals surface area (Å²) in [6.45, 7) is 0. The predicted molar refractivity (Wildman–Crippen MR) is 113 cm³/mol. The molecule has 0 unspecified atom stereocenters. The first kappa shape index (κ1) is 20.4. The van der Waals surface area contributed by atoms with Crippen LogP contribution in [-0.4, -0.2) is 21.2 Å². The maximum atomic E-state index is 13.0. The minimum absolute atomic E-state index is 0.0314. The molecule has 0 aliphatic carbocycles. The summed E-state index contributed by atoms with van der Waals surface area (Å²) in [6, 6.07) is 13.5. The minimum Gasteiger partial charge on any atom is -0.497 e. The first-order chi connectivity index (χ1) is 14.8. The molecule has 0 saturated carbocycles. The maximum Gasteiger partial charge on any atom is 0.333 e. The fourth-order valence-electron chi connectivity index (χ4n) is 3.96. The molecule has 0 spiro atoms. The average molecular weight is 423 g/mol. The van der Waals surface area contributed by atoms with Crippen molar-refractivity contribution in [2.24, 2.45) is 14.1 Å². The van der Waals surface area contributed by atoms with Crippen LogP contribution in [0, 0.1) is 10.1 Å².